The quantitative estimate of drug-likeness (QED) is 0.445. The molecule has 0 aliphatic heterocycles. The van der Waals surface area contributed by atoms with Crippen molar-refractivity contribution in [3.05, 3.63) is 66.6 Å². The zero-order valence-electron chi connectivity index (χ0n) is 14.3. The van der Waals surface area contributed by atoms with Crippen molar-refractivity contribution in [2.75, 3.05) is 13.2 Å². The molecule has 0 aliphatic rings. The zero-order chi connectivity index (χ0) is 18.6. The topological polar surface area (TPSA) is 115 Å². The van der Waals surface area contributed by atoms with Crippen LogP contribution in [0.1, 0.15) is 18.1 Å². The van der Waals surface area contributed by atoms with E-state index in [2.05, 4.69) is 9.97 Å². The van der Waals surface area contributed by atoms with E-state index in [1.165, 1.54) is 0 Å². The molecule has 136 valence electrons. The number of rotatable bonds is 7. The maximum absolute atomic E-state index is 10.3. The van der Waals surface area contributed by atoms with Gasteiger partial charge in [0.15, 0.2) is 0 Å². The van der Waals surface area contributed by atoms with E-state index in [1.807, 2.05) is 48.5 Å². The van der Waals surface area contributed by atoms with Crippen LogP contribution in [0.15, 0.2) is 61.1 Å². The third-order valence-electron chi connectivity index (χ3n) is 4.55. The second-order valence-corrected chi connectivity index (χ2v) is 6.56. The summed E-state index contributed by atoms with van der Waals surface area (Å²) in [6, 6.07) is 15.6. The molecule has 26 heavy (non-hydrogen) atoms. The molecule has 6 N–H and O–H groups in total. The molecule has 0 spiro atoms. The maximum Gasteiger partial charge on any atom is 0.0924 e. The van der Waals surface area contributed by atoms with Gasteiger partial charge in [0.25, 0.3) is 0 Å². The highest BCUT2D eigenvalue weighted by molar-refractivity contribution is 5.68. The molecule has 0 fully saturated rings. The van der Waals surface area contributed by atoms with Crippen molar-refractivity contribution in [2.45, 2.75) is 18.1 Å². The summed E-state index contributed by atoms with van der Waals surface area (Å²) in [5.74, 6) is 0. The Morgan fingerprint density at radius 1 is 0.923 bits per heavy atom. The summed E-state index contributed by atoms with van der Waals surface area (Å²) in [6.45, 7) is -0.775. The zero-order valence-corrected chi connectivity index (χ0v) is 14.3. The van der Waals surface area contributed by atoms with Crippen LogP contribution in [-0.2, 0) is 0 Å². The van der Waals surface area contributed by atoms with Gasteiger partial charge in [-0.25, -0.2) is 4.98 Å². The van der Waals surface area contributed by atoms with Crippen molar-refractivity contribution in [2.24, 2.45) is 5.73 Å². The average molecular weight is 353 g/mol. The summed E-state index contributed by atoms with van der Waals surface area (Å²) < 4.78 is 0. The Morgan fingerprint density at radius 3 is 1.96 bits per heavy atom. The Morgan fingerprint density at radius 2 is 1.46 bits per heavy atom. The van der Waals surface area contributed by atoms with Crippen LogP contribution in [0.25, 0.3) is 22.4 Å². The van der Waals surface area contributed by atoms with Gasteiger partial charge < -0.3 is 26.0 Å². The summed E-state index contributed by atoms with van der Waals surface area (Å²) in [6.07, 6.45) is 2.66. The molecule has 2 aromatic carbocycles. The number of hydrogen-bond donors (Lipinski definition) is 5. The Balaban J connectivity index is 1.73. The minimum atomic E-state index is -1.19. The SMILES string of the molecule is NC(CO)(CO)CC(O)c1ccc(-c2ccc(-c3cnc[nH]3)cc2)cc1. The van der Waals surface area contributed by atoms with Crippen molar-refractivity contribution < 1.29 is 15.3 Å². The van der Waals surface area contributed by atoms with Crippen LogP contribution < -0.4 is 5.73 Å². The number of aliphatic hydroxyl groups excluding tert-OH is 3. The van der Waals surface area contributed by atoms with Gasteiger partial charge in [-0.3, -0.25) is 0 Å². The van der Waals surface area contributed by atoms with Gasteiger partial charge in [-0.05, 0) is 28.7 Å². The molecule has 1 atom stereocenters. The number of imidazole rings is 1. The first kappa shape index (κ1) is 18.3. The first-order chi connectivity index (χ1) is 12.5. The van der Waals surface area contributed by atoms with Crippen LogP contribution in [0.2, 0.25) is 0 Å². The molecule has 1 aromatic heterocycles. The highest BCUT2D eigenvalue weighted by atomic mass is 16.3. The second-order valence-electron chi connectivity index (χ2n) is 6.56. The molecular formula is C20H23N3O3. The van der Waals surface area contributed by atoms with E-state index < -0.39 is 11.6 Å². The predicted molar refractivity (Wildman–Crippen MR) is 100 cm³/mol. The number of benzene rings is 2. The number of nitrogens with one attached hydrogen (secondary N) is 1. The Kier molecular flexibility index (Phi) is 5.49. The highest BCUT2D eigenvalue weighted by Gasteiger charge is 2.27. The number of hydrogen-bond acceptors (Lipinski definition) is 5. The number of H-pyrrole nitrogens is 1. The van der Waals surface area contributed by atoms with E-state index in [0.29, 0.717) is 5.56 Å². The fourth-order valence-corrected chi connectivity index (χ4v) is 2.84. The van der Waals surface area contributed by atoms with E-state index in [9.17, 15) is 15.3 Å². The van der Waals surface area contributed by atoms with Crippen molar-refractivity contribution >= 4 is 0 Å². The molecule has 0 bridgehead atoms. The summed E-state index contributed by atoms with van der Waals surface area (Å²) in [5, 5.41) is 28.8. The van der Waals surface area contributed by atoms with Crippen LogP contribution in [0.4, 0.5) is 0 Å². The van der Waals surface area contributed by atoms with Gasteiger partial charge >= 0.3 is 0 Å². The maximum atomic E-state index is 10.3. The van der Waals surface area contributed by atoms with Gasteiger partial charge in [0.2, 0.25) is 0 Å². The lowest BCUT2D eigenvalue weighted by Gasteiger charge is -2.27. The van der Waals surface area contributed by atoms with E-state index in [0.717, 1.165) is 22.4 Å². The molecule has 6 heteroatoms. The summed E-state index contributed by atoms with van der Waals surface area (Å²) in [5.41, 5.74) is 9.46. The van der Waals surface area contributed by atoms with Crippen molar-refractivity contribution in [1.29, 1.82) is 0 Å². The normalized spacial score (nSPS) is 12.9. The molecule has 1 unspecified atom stereocenters. The van der Waals surface area contributed by atoms with Crippen LogP contribution >= 0.6 is 0 Å². The minimum absolute atomic E-state index is 0.0816. The lowest BCUT2D eigenvalue weighted by atomic mass is 9.91. The van der Waals surface area contributed by atoms with Crippen molar-refractivity contribution in [3.63, 3.8) is 0 Å². The van der Waals surface area contributed by atoms with Gasteiger partial charge in [0.1, 0.15) is 0 Å². The van der Waals surface area contributed by atoms with E-state index in [4.69, 9.17) is 5.73 Å². The molecule has 0 amide bonds. The molecule has 3 aromatic rings. The summed E-state index contributed by atoms with van der Waals surface area (Å²) >= 11 is 0. The van der Waals surface area contributed by atoms with Gasteiger partial charge in [0, 0.05) is 0 Å². The lowest BCUT2D eigenvalue weighted by Crippen LogP contribution is -2.48. The molecule has 0 radical (unpaired) electrons. The number of aliphatic hydroxyl groups is 3. The highest BCUT2D eigenvalue weighted by Crippen LogP contribution is 2.27. The van der Waals surface area contributed by atoms with E-state index in [1.54, 1.807) is 12.5 Å². The third-order valence-corrected chi connectivity index (χ3v) is 4.55. The van der Waals surface area contributed by atoms with Gasteiger partial charge in [-0.1, -0.05) is 48.5 Å². The van der Waals surface area contributed by atoms with Crippen LogP contribution in [0.3, 0.4) is 0 Å². The van der Waals surface area contributed by atoms with Crippen molar-refractivity contribution in [1.82, 2.24) is 9.97 Å². The fraction of sp³-hybridized carbons (Fsp3) is 0.250. The number of nitrogens with two attached hydrogens (primary N) is 1. The Bertz CT molecular complexity index is 811. The fourth-order valence-electron chi connectivity index (χ4n) is 2.84. The Hall–Kier alpha value is -2.51. The molecule has 6 nitrogen and oxygen atoms in total. The molecule has 1 heterocycles. The third kappa shape index (κ3) is 4.00. The van der Waals surface area contributed by atoms with E-state index >= 15 is 0 Å². The molecular weight excluding hydrogens is 330 g/mol. The van der Waals surface area contributed by atoms with Crippen LogP contribution in [-0.4, -0.2) is 44.0 Å². The van der Waals surface area contributed by atoms with Gasteiger partial charge in [-0.15, -0.1) is 0 Å². The van der Waals surface area contributed by atoms with Crippen LogP contribution in [0, 0.1) is 0 Å². The standard InChI is InChI=1S/C20H23N3O3/c21-20(11-24,12-25)9-19(26)17-7-3-15(4-8-17)14-1-5-16(6-2-14)18-10-22-13-23-18/h1-8,10,13,19,24-26H,9,11-12,21H2,(H,22,23). The largest absolute Gasteiger partial charge is 0.394 e. The summed E-state index contributed by atoms with van der Waals surface area (Å²) in [7, 11) is 0. The van der Waals surface area contributed by atoms with Gasteiger partial charge in [0.05, 0.1) is 43.1 Å². The predicted octanol–water partition coefficient (Wildman–Crippen LogP) is 1.85. The smallest absolute Gasteiger partial charge is 0.0924 e. The van der Waals surface area contributed by atoms with Crippen LogP contribution in [0.5, 0.6) is 0 Å². The summed E-state index contributed by atoms with van der Waals surface area (Å²) in [4.78, 5) is 7.10. The van der Waals surface area contributed by atoms with Gasteiger partial charge in [-0.2, -0.15) is 0 Å². The average Bonchev–Trinajstić information content (AvgIpc) is 3.23. The second kappa shape index (κ2) is 7.80. The van der Waals surface area contributed by atoms with Crippen molar-refractivity contribution in [3.8, 4) is 22.4 Å². The minimum Gasteiger partial charge on any atom is -0.394 e. The molecule has 0 saturated carbocycles. The number of aromatic nitrogens is 2. The number of nitrogens with zero attached hydrogens (tertiary/aromatic N) is 1. The molecule has 0 saturated heterocycles. The first-order valence-electron chi connectivity index (χ1n) is 8.42. The van der Waals surface area contributed by atoms with E-state index in [-0.39, 0.29) is 19.6 Å². The molecule has 0 aliphatic carbocycles. The molecule has 3 rings (SSSR count). The monoisotopic (exact) mass is 353 g/mol. The lowest BCUT2D eigenvalue weighted by molar-refractivity contribution is 0.0618. The Labute approximate surface area is 152 Å². The number of aromatic amines is 1. The first-order valence-corrected chi connectivity index (χ1v) is 8.42.